The first-order chi connectivity index (χ1) is 12.3. The van der Waals surface area contributed by atoms with Gasteiger partial charge < -0.3 is 9.64 Å². The van der Waals surface area contributed by atoms with E-state index in [1.165, 1.54) is 0 Å². The van der Waals surface area contributed by atoms with Crippen LogP contribution in [0.25, 0.3) is 0 Å². The summed E-state index contributed by atoms with van der Waals surface area (Å²) >= 11 is 9.76. The molecule has 0 aliphatic carbocycles. The average molecular weight is 443 g/mol. The highest BCUT2D eigenvalue weighted by molar-refractivity contribution is 9.10. The van der Waals surface area contributed by atoms with E-state index in [-0.39, 0.29) is 12.3 Å². The summed E-state index contributed by atoms with van der Waals surface area (Å²) in [4.78, 5) is 9.94. The third-order valence-corrected chi connectivity index (χ3v) is 4.65. The van der Waals surface area contributed by atoms with Gasteiger partial charge >= 0.3 is 0 Å². The number of aromatic nitrogens is 2. The second-order valence-corrected chi connectivity index (χ2v) is 7.07. The van der Waals surface area contributed by atoms with Gasteiger partial charge in [-0.25, -0.2) is 13.8 Å². The van der Waals surface area contributed by atoms with E-state index in [2.05, 4.69) is 25.9 Å². The first-order valence-corrected chi connectivity index (χ1v) is 8.91. The Kier molecular flexibility index (Phi) is 5.58. The number of ether oxygens (including phenoxy) is 1. The van der Waals surface area contributed by atoms with Crippen LogP contribution < -0.4 is 4.90 Å². The lowest BCUT2D eigenvalue weighted by Gasteiger charge is -2.30. The molecule has 136 valence electrons. The van der Waals surface area contributed by atoms with Crippen molar-refractivity contribution in [3.05, 3.63) is 74.6 Å². The molecule has 0 amide bonds. The van der Waals surface area contributed by atoms with E-state index in [4.69, 9.17) is 16.3 Å². The van der Waals surface area contributed by atoms with Crippen molar-refractivity contribution >= 4 is 33.2 Å². The van der Waals surface area contributed by atoms with Crippen LogP contribution >= 0.6 is 27.5 Å². The molecule has 0 saturated heterocycles. The molecule has 1 aliphatic rings. The molecule has 3 rings (SSSR count). The molecule has 8 heteroatoms. The maximum Gasteiger partial charge on any atom is 0.151 e. The van der Waals surface area contributed by atoms with Gasteiger partial charge in [-0.1, -0.05) is 11.6 Å². The molecule has 0 bridgehead atoms. The highest BCUT2D eigenvalue weighted by Gasteiger charge is 2.21. The standard InChI is InChI=1S/C18H15BrClF2N3O/c1-10-6-24-18(19)5-16(10)25-8-13(20)17(3-11(25)2)26-9-15-14(22)4-12(21)7-23-15/h3-7H,8-9H2,1-2H3. The minimum Gasteiger partial charge on any atom is -0.486 e. The van der Waals surface area contributed by atoms with Crippen LogP contribution in [0.15, 0.2) is 51.7 Å². The minimum absolute atomic E-state index is 0.0192. The maximum atomic E-state index is 13.7. The fraction of sp³-hybridized carbons (Fsp3) is 0.222. The monoisotopic (exact) mass is 441 g/mol. The molecule has 2 aromatic rings. The SMILES string of the molecule is CC1=CC(OCc2ncc(F)cc2F)=C(Cl)CN1c1cc(Br)ncc1C. The van der Waals surface area contributed by atoms with E-state index in [1.807, 2.05) is 24.8 Å². The van der Waals surface area contributed by atoms with E-state index >= 15 is 0 Å². The molecule has 1 aliphatic heterocycles. The summed E-state index contributed by atoms with van der Waals surface area (Å²) in [5.41, 5.74) is 2.92. The smallest absolute Gasteiger partial charge is 0.151 e. The summed E-state index contributed by atoms with van der Waals surface area (Å²) in [6, 6.07) is 2.69. The molecule has 0 atom stereocenters. The zero-order valence-electron chi connectivity index (χ0n) is 14.1. The summed E-state index contributed by atoms with van der Waals surface area (Å²) in [6.45, 7) is 4.17. The highest BCUT2D eigenvalue weighted by atomic mass is 79.9. The number of allylic oxidation sites excluding steroid dienone is 2. The minimum atomic E-state index is -0.753. The summed E-state index contributed by atoms with van der Waals surface area (Å²) in [7, 11) is 0. The summed E-state index contributed by atoms with van der Waals surface area (Å²) in [6.07, 6.45) is 4.51. The van der Waals surface area contributed by atoms with Crippen molar-refractivity contribution in [3.8, 4) is 0 Å². The predicted molar refractivity (Wildman–Crippen MR) is 99.6 cm³/mol. The second-order valence-electron chi connectivity index (χ2n) is 5.81. The quantitative estimate of drug-likeness (QED) is 0.609. The Bertz CT molecular complexity index is 917. The van der Waals surface area contributed by atoms with E-state index in [9.17, 15) is 8.78 Å². The van der Waals surface area contributed by atoms with Gasteiger partial charge in [-0.3, -0.25) is 4.98 Å². The summed E-state index contributed by atoms with van der Waals surface area (Å²) in [5.74, 6) is -1.04. The Balaban J connectivity index is 1.78. The Morgan fingerprint density at radius 2 is 2.00 bits per heavy atom. The van der Waals surface area contributed by atoms with Gasteiger partial charge in [-0.2, -0.15) is 0 Å². The Labute approximate surface area is 163 Å². The molecule has 3 heterocycles. The molecule has 4 nitrogen and oxygen atoms in total. The van der Waals surface area contributed by atoms with Crippen molar-refractivity contribution in [2.24, 2.45) is 0 Å². The van der Waals surface area contributed by atoms with Gasteiger partial charge in [0, 0.05) is 29.7 Å². The number of pyridine rings is 2. The van der Waals surface area contributed by atoms with Crippen LogP contribution in [0.4, 0.5) is 14.5 Å². The first-order valence-electron chi connectivity index (χ1n) is 7.74. The molecule has 2 aromatic heterocycles. The van der Waals surface area contributed by atoms with Crippen molar-refractivity contribution in [1.82, 2.24) is 9.97 Å². The van der Waals surface area contributed by atoms with Gasteiger partial charge in [0.1, 0.15) is 28.5 Å². The van der Waals surface area contributed by atoms with Crippen molar-refractivity contribution in [2.45, 2.75) is 20.5 Å². The van der Waals surface area contributed by atoms with Gasteiger partial charge in [0.25, 0.3) is 0 Å². The molecule has 0 aromatic carbocycles. The van der Waals surface area contributed by atoms with Gasteiger partial charge in [0.15, 0.2) is 5.82 Å². The third kappa shape index (κ3) is 4.04. The third-order valence-electron chi connectivity index (χ3n) is 3.91. The number of anilines is 1. The van der Waals surface area contributed by atoms with E-state index in [1.54, 1.807) is 12.3 Å². The van der Waals surface area contributed by atoms with Gasteiger partial charge in [0.05, 0.1) is 17.8 Å². The predicted octanol–water partition coefficient (Wildman–Crippen LogP) is 5.22. The number of aryl methyl sites for hydroxylation is 1. The van der Waals surface area contributed by atoms with E-state index in [0.717, 1.165) is 33.8 Å². The maximum absolute atomic E-state index is 13.7. The number of hydrogen-bond acceptors (Lipinski definition) is 4. The van der Waals surface area contributed by atoms with E-state index < -0.39 is 11.6 Å². The number of halogens is 4. The van der Waals surface area contributed by atoms with Crippen LogP contribution in [0.3, 0.4) is 0 Å². The van der Waals surface area contributed by atoms with Crippen LogP contribution in [-0.2, 0) is 11.3 Å². The van der Waals surface area contributed by atoms with Gasteiger partial charge in [-0.05, 0) is 41.4 Å². The Morgan fingerprint density at radius 3 is 2.73 bits per heavy atom. The molecule has 0 fully saturated rings. The lowest BCUT2D eigenvalue weighted by atomic mass is 10.1. The lowest BCUT2D eigenvalue weighted by molar-refractivity contribution is 0.200. The largest absolute Gasteiger partial charge is 0.486 e. The molecular formula is C18H15BrClF2N3O. The normalized spacial score (nSPS) is 14.5. The van der Waals surface area contributed by atoms with Crippen LogP contribution in [0.5, 0.6) is 0 Å². The number of hydrogen-bond donors (Lipinski definition) is 0. The topological polar surface area (TPSA) is 38.2 Å². The fourth-order valence-electron chi connectivity index (χ4n) is 2.56. The molecular weight excluding hydrogens is 428 g/mol. The summed E-state index contributed by atoms with van der Waals surface area (Å²) < 4.78 is 32.9. The molecule has 26 heavy (non-hydrogen) atoms. The highest BCUT2D eigenvalue weighted by Crippen LogP contribution is 2.32. The lowest BCUT2D eigenvalue weighted by Crippen LogP contribution is -2.27. The molecule has 0 spiro atoms. The Hall–Kier alpha value is -1.99. The molecule has 0 radical (unpaired) electrons. The molecule has 0 saturated carbocycles. The van der Waals surface area contributed by atoms with Gasteiger partial charge in [0.2, 0.25) is 0 Å². The van der Waals surface area contributed by atoms with Crippen LogP contribution in [0.2, 0.25) is 0 Å². The van der Waals surface area contributed by atoms with Gasteiger partial charge in [-0.15, -0.1) is 0 Å². The zero-order valence-corrected chi connectivity index (χ0v) is 16.4. The van der Waals surface area contributed by atoms with E-state index in [0.29, 0.717) is 17.3 Å². The van der Waals surface area contributed by atoms with Crippen molar-refractivity contribution in [2.75, 3.05) is 11.4 Å². The second kappa shape index (κ2) is 7.72. The summed E-state index contributed by atoms with van der Waals surface area (Å²) in [5, 5.41) is 0.477. The van der Waals surface area contributed by atoms with Crippen LogP contribution in [-0.4, -0.2) is 16.5 Å². The zero-order chi connectivity index (χ0) is 18.8. The van der Waals surface area contributed by atoms with Crippen LogP contribution in [0, 0.1) is 18.6 Å². The van der Waals surface area contributed by atoms with Crippen molar-refractivity contribution < 1.29 is 13.5 Å². The Morgan fingerprint density at radius 1 is 1.23 bits per heavy atom. The molecule has 0 unspecified atom stereocenters. The van der Waals surface area contributed by atoms with Crippen LogP contribution in [0.1, 0.15) is 18.2 Å². The van der Waals surface area contributed by atoms with Crippen molar-refractivity contribution in [1.29, 1.82) is 0 Å². The first kappa shape index (κ1) is 18.8. The molecule has 0 N–H and O–H groups in total. The fourth-order valence-corrected chi connectivity index (χ4v) is 3.10. The van der Waals surface area contributed by atoms with Crippen molar-refractivity contribution in [3.63, 3.8) is 0 Å². The average Bonchev–Trinajstić information content (AvgIpc) is 2.59. The number of nitrogens with zero attached hydrogens (tertiary/aromatic N) is 3. The number of rotatable bonds is 4.